The fourth-order valence-corrected chi connectivity index (χ4v) is 5.01. The molecule has 7 nitrogen and oxygen atoms in total. The zero-order valence-electron chi connectivity index (χ0n) is 16.4. The van der Waals surface area contributed by atoms with Gasteiger partial charge in [0.05, 0.1) is 18.8 Å². The molecule has 0 aliphatic carbocycles. The van der Waals surface area contributed by atoms with Crippen molar-refractivity contribution in [2.75, 3.05) is 38.3 Å². The SMILES string of the molecule is CN1[C@@H]2CCC[C@@H]1CC(NC(=O)c1cccc3oc(N4CCOCC4)nc13)C2. The highest BCUT2D eigenvalue weighted by Gasteiger charge is 2.36. The van der Waals surface area contributed by atoms with Crippen LogP contribution >= 0.6 is 0 Å². The number of hydrogen-bond acceptors (Lipinski definition) is 6. The fraction of sp³-hybridized carbons (Fsp3) is 0.619. The first-order valence-electron chi connectivity index (χ1n) is 10.4. The van der Waals surface area contributed by atoms with Gasteiger partial charge in [-0.3, -0.25) is 4.79 Å². The third-order valence-electron chi connectivity index (χ3n) is 6.61. The predicted octanol–water partition coefficient (Wildman–Crippen LogP) is 2.41. The molecule has 1 aromatic heterocycles. The first-order chi connectivity index (χ1) is 13.7. The molecule has 0 unspecified atom stereocenters. The average Bonchev–Trinajstić information content (AvgIpc) is 3.14. The van der Waals surface area contributed by atoms with Crippen LogP contribution in [0.1, 0.15) is 42.5 Å². The van der Waals surface area contributed by atoms with Crippen LogP contribution < -0.4 is 10.2 Å². The van der Waals surface area contributed by atoms with E-state index in [0.717, 1.165) is 25.9 Å². The van der Waals surface area contributed by atoms with Crippen molar-refractivity contribution in [1.29, 1.82) is 0 Å². The van der Waals surface area contributed by atoms with Crippen molar-refractivity contribution in [1.82, 2.24) is 15.2 Å². The summed E-state index contributed by atoms with van der Waals surface area (Å²) in [6.07, 6.45) is 5.85. The second kappa shape index (κ2) is 7.37. The number of fused-ring (bicyclic) bond motifs is 3. The zero-order valence-corrected chi connectivity index (χ0v) is 16.4. The first kappa shape index (κ1) is 17.9. The average molecular weight is 384 g/mol. The lowest BCUT2D eigenvalue weighted by Gasteiger charge is -2.47. The van der Waals surface area contributed by atoms with E-state index in [1.165, 1.54) is 19.3 Å². The molecule has 3 aliphatic rings. The van der Waals surface area contributed by atoms with Crippen molar-refractivity contribution in [2.45, 2.75) is 50.2 Å². The second-order valence-corrected chi connectivity index (χ2v) is 8.29. The quantitative estimate of drug-likeness (QED) is 0.876. The summed E-state index contributed by atoms with van der Waals surface area (Å²) >= 11 is 0. The lowest BCUT2D eigenvalue weighted by molar-refractivity contribution is 0.0463. The summed E-state index contributed by atoms with van der Waals surface area (Å²) in [5, 5.41) is 3.28. The second-order valence-electron chi connectivity index (χ2n) is 8.29. The number of benzene rings is 1. The Morgan fingerprint density at radius 1 is 1.18 bits per heavy atom. The fourth-order valence-electron chi connectivity index (χ4n) is 5.01. The van der Waals surface area contributed by atoms with Gasteiger partial charge >= 0.3 is 0 Å². The number of rotatable bonds is 3. The van der Waals surface area contributed by atoms with Crippen LogP contribution in [0.2, 0.25) is 0 Å². The molecule has 4 heterocycles. The number of para-hydroxylation sites is 1. The minimum atomic E-state index is -0.0416. The van der Waals surface area contributed by atoms with Crippen LogP contribution in [0.25, 0.3) is 11.1 Å². The molecule has 0 spiro atoms. The van der Waals surface area contributed by atoms with Gasteiger partial charge < -0.3 is 24.3 Å². The van der Waals surface area contributed by atoms with E-state index in [4.69, 9.17) is 9.15 Å². The van der Waals surface area contributed by atoms with E-state index < -0.39 is 0 Å². The molecule has 7 heteroatoms. The van der Waals surface area contributed by atoms with Crippen LogP contribution in [-0.2, 0) is 4.74 Å². The molecular weight excluding hydrogens is 356 g/mol. The molecule has 1 N–H and O–H groups in total. The lowest BCUT2D eigenvalue weighted by Crippen LogP contribution is -2.55. The van der Waals surface area contributed by atoms with Gasteiger partial charge in [0, 0.05) is 31.2 Å². The number of nitrogens with one attached hydrogen (secondary N) is 1. The van der Waals surface area contributed by atoms with Crippen LogP contribution in [0.3, 0.4) is 0 Å². The summed E-state index contributed by atoms with van der Waals surface area (Å²) < 4.78 is 11.3. The summed E-state index contributed by atoms with van der Waals surface area (Å²) in [5.41, 5.74) is 1.91. The lowest BCUT2D eigenvalue weighted by atomic mass is 9.82. The van der Waals surface area contributed by atoms with Gasteiger partial charge in [0.15, 0.2) is 5.58 Å². The number of hydrogen-bond donors (Lipinski definition) is 1. The van der Waals surface area contributed by atoms with E-state index in [-0.39, 0.29) is 11.9 Å². The van der Waals surface area contributed by atoms with Gasteiger partial charge in [-0.1, -0.05) is 12.5 Å². The Bertz CT molecular complexity index is 846. The summed E-state index contributed by atoms with van der Waals surface area (Å²) in [7, 11) is 2.23. The van der Waals surface area contributed by atoms with E-state index in [9.17, 15) is 4.79 Å². The number of oxazole rings is 1. The number of amides is 1. The van der Waals surface area contributed by atoms with Gasteiger partial charge in [0.2, 0.25) is 0 Å². The van der Waals surface area contributed by atoms with Gasteiger partial charge in [-0.05, 0) is 44.9 Å². The highest BCUT2D eigenvalue weighted by Crippen LogP contribution is 2.33. The molecule has 150 valence electrons. The van der Waals surface area contributed by atoms with Gasteiger partial charge in [0.1, 0.15) is 5.52 Å². The summed E-state index contributed by atoms with van der Waals surface area (Å²) in [4.78, 5) is 22.3. The molecule has 1 aromatic carbocycles. The number of carbonyl (C=O) groups is 1. The Balaban J connectivity index is 1.35. The number of aromatic nitrogens is 1. The van der Waals surface area contributed by atoms with Crippen LogP contribution in [0.5, 0.6) is 0 Å². The maximum atomic E-state index is 13.1. The highest BCUT2D eigenvalue weighted by atomic mass is 16.5. The Kier molecular flexibility index (Phi) is 4.72. The number of nitrogens with zero attached hydrogens (tertiary/aromatic N) is 3. The molecule has 0 radical (unpaired) electrons. The smallest absolute Gasteiger partial charge is 0.298 e. The summed E-state index contributed by atoms with van der Waals surface area (Å²) in [6, 6.07) is 7.59. The van der Waals surface area contributed by atoms with Gasteiger partial charge in [-0.15, -0.1) is 0 Å². The van der Waals surface area contributed by atoms with E-state index in [1.54, 1.807) is 0 Å². The minimum Gasteiger partial charge on any atom is -0.423 e. The van der Waals surface area contributed by atoms with E-state index in [0.29, 0.717) is 48.0 Å². The van der Waals surface area contributed by atoms with Crippen LogP contribution in [-0.4, -0.2) is 67.3 Å². The van der Waals surface area contributed by atoms with E-state index in [1.807, 2.05) is 18.2 Å². The van der Waals surface area contributed by atoms with E-state index in [2.05, 4.69) is 27.1 Å². The molecule has 0 saturated carbocycles. The van der Waals surface area contributed by atoms with Crippen molar-refractivity contribution in [3.8, 4) is 0 Å². The number of morpholine rings is 1. The van der Waals surface area contributed by atoms with Gasteiger partial charge in [-0.2, -0.15) is 4.98 Å². The van der Waals surface area contributed by atoms with E-state index >= 15 is 0 Å². The van der Waals surface area contributed by atoms with Crippen molar-refractivity contribution in [3.63, 3.8) is 0 Å². The number of piperidine rings is 2. The molecule has 2 atom stereocenters. The van der Waals surface area contributed by atoms with Crippen molar-refractivity contribution >= 4 is 23.0 Å². The maximum Gasteiger partial charge on any atom is 0.298 e. The monoisotopic (exact) mass is 384 g/mol. The largest absolute Gasteiger partial charge is 0.423 e. The number of carbonyl (C=O) groups excluding carboxylic acids is 1. The molecule has 5 rings (SSSR count). The highest BCUT2D eigenvalue weighted by molar-refractivity contribution is 6.04. The summed E-state index contributed by atoms with van der Waals surface area (Å²) in [5.74, 6) is -0.0416. The standard InChI is InChI=1S/C21H28N4O3/c1-24-15-4-2-5-16(24)13-14(12-15)22-20(26)17-6-3-7-18-19(17)23-21(28-18)25-8-10-27-11-9-25/h3,6-7,14-16H,2,4-5,8-13H2,1H3,(H,22,26)/t15-,16-/m1/s1. The molecular formula is C21H28N4O3. The summed E-state index contributed by atoms with van der Waals surface area (Å²) in [6.45, 7) is 2.86. The van der Waals surface area contributed by atoms with Gasteiger partial charge in [0.25, 0.3) is 11.9 Å². The van der Waals surface area contributed by atoms with Crippen LogP contribution in [0.15, 0.2) is 22.6 Å². The Morgan fingerprint density at radius 2 is 1.93 bits per heavy atom. The van der Waals surface area contributed by atoms with Crippen LogP contribution in [0, 0.1) is 0 Å². The van der Waals surface area contributed by atoms with Crippen molar-refractivity contribution in [3.05, 3.63) is 23.8 Å². The predicted molar refractivity (Wildman–Crippen MR) is 107 cm³/mol. The number of ether oxygens (including phenoxy) is 1. The zero-order chi connectivity index (χ0) is 19.1. The van der Waals surface area contributed by atoms with Crippen LogP contribution in [0.4, 0.5) is 6.01 Å². The topological polar surface area (TPSA) is 70.8 Å². The van der Waals surface area contributed by atoms with Crippen molar-refractivity contribution < 1.29 is 13.9 Å². The molecule has 28 heavy (non-hydrogen) atoms. The molecule has 3 saturated heterocycles. The number of anilines is 1. The Hall–Kier alpha value is -2.12. The minimum absolute atomic E-state index is 0.0416. The molecule has 1 amide bonds. The molecule has 3 fully saturated rings. The Labute approximate surface area is 165 Å². The molecule has 2 aromatic rings. The third kappa shape index (κ3) is 3.26. The maximum absolute atomic E-state index is 13.1. The Morgan fingerprint density at radius 3 is 2.68 bits per heavy atom. The van der Waals surface area contributed by atoms with Crippen molar-refractivity contribution in [2.24, 2.45) is 0 Å². The normalized spacial score (nSPS) is 28.5. The third-order valence-corrected chi connectivity index (χ3v) is 6.61. The molecule has 2 bridgehead atoms. The molecule has 3 aliphatic heterocycles. The van der Waals surface area contributed by atoms with Gasteiger partial charge in [-0.25, -0.2) is 0 Å². The first-order valence-corrected chi connectivity index (χ1v) is 10.4.